The molecule has 0 saturated heterocycles. The molecule has 1 amide bonds. The van der Waals surface area contributed by atoms with Gasteiger partial charge in [-0.3, -0.25) is 4.79 Å². The van der Waals surface area contributed by atoms with Gasteiger partial charge in [-0.2, -0.15) is 0 Å². The maximum Gasteiger partial charge on any atom is 0.257 e. The van der Waals surface area contributed by atoms with E-state index in [2.05, 4.69) is 10.6 Å². The molecule has 5 nitrogen and oxygen atoms in total. The van der Waals surface area contributed by atoms with Crippen LogP contribution in [0.25, 0.3) is 0 Å². The van der Waals surface area contributed by atoms with E-state index in [1.54, 1.807) is 14.2 Å². The predicted molar refractivity (Wildman–Crippen MR) is 82.7 cm³/mol. The molecule has 0 bridgehead atoms. The Labute approximate surface area is 126 Å². The largest absolute Gasteiger partial charge is 0.484 e. The van der Waals surface area contributed by atoms with Crippen molar-refractivity contribution >= 4 is 11.6 Å². The standard InChI is InChI=1S/C16H24N2O3/c1-17-16(19)11-21-15-8-4-6-13(10-15)18-12-5-3-7-14(9-12)20-2/h4,6,8,10,12,14,18H,3,5,7,9,11H2,1-2H3,(H,17,19). The SMILES string of the molecule is CNC(=O)COc1cccc(NC2CCCC(OC)C2)c1. The van der Waals surface area contributed by atoms with E-state index in [4.69, 9.17) is 9.47 Å². The number of benzene rings is 1. The third-order valence-electron chi connectivity index (χ3n) is 3.81. The van der Waals surface area contributed by atoms with Crippen molar-refractivity contribution in [1.82, 2.24) is 5.32 Å². The third-order valence-corrected chi connectivity index (χ3v) is 3.81. The van der Waals surface area contributed by atoms with E-state index in [1.807, 2.05) is 24.3 Å². The average Bonchev–Trinajstić information content (AvgIpc) is 2.53. The van der Waals surface area contributed by atoms with E-state index < -0.39 is 0 Å². The van der Waals surface area contributed by atoms with Crippen LogP contribution in [0.2, 0.25) is 0 Å². The van der Waals surface area contributed by atoms with Crippen molar-refractivity contribution in [2.24, 2.45) is 0 Å². The van der Waals surface area contributed by atoms with Crippen LogP contribution in [-0.2, 0) is 9.53 Å². The molecule has 2 atom stereocenters. The van der Waals surface area contributed by atoms with Gasteiger partial charge in [-0.25, -0.2) is 0 Å². The predicted octanol–water partition coefficient (Wildman–Crippen LogP) is 2.18. The highest BCUT2D eigenvalue weighted by Gasteiger charge is 2.21. The van der Waals surface area contributed by atoms with E-state index in [9.17, 15) is 4.79 Å². The van der Waals surface area contributed by atoms with Crippen LogP contribution in [0.15, 0.2) is 24.3 Å². The minimum Gasteiger partial charge on any atom is -0.484 e. The molecule has 1 aromatic rings. The van der Waals surface area contributed by atoms with E-state index >= 15 is 0 Å². The Kier molecular flexibility index (Phi) is 5.87. The summed E-state index contributed by atoms with van der Waals surface area (Å²) < 4.78 is 10.9. The van der Waals surface area contributed by atoms with Crippen molar-refractivity contribution in [2.75, 3.05) is 26.1 Å². The van der Waals surface area contributed by atoms with Crippen molar-refractivity contribution in [3.8, 4) is 5.75 Å². The molecule has 1 aliphatic rings. The lowest BCUT2D eigenvalue weighted by Crippen LogP contribution is -2.31. The number of nitrogens with one attached hydrogen (secondary N) is 2. The molecule has 0 spiro atoms. The van der Waals surface area contributed by atoms with Crippen molar-refractivity contribution in [3.63, 3.8) is 0 Å². The number of carbonyl (C=O) groups excluding carboxylic acids is 1. The van der Waals surface area contributed by atoms with Crippen LogP contribution in [0.3, 0.4) is 0 Å². The van der Waals surface area contributed by atoms with Crippen LogP contribution in [0.1, 0.15) is 25.7 Å². The zero-order valence-corrected chi connectivity index (χ0v) is 12.7. The Morgan fingerprint density at radius 1 is 1.38 bits per heavy atom. The zero-order valence-electron chi connectivity index (χ0n) is 12.7. The van der Waals surface area contributed by atoms with Gasteiger partial charge >= 0.3 is 0 Å². The molecule has 2 rings (SSSR count). The maximum atomic E-state index is 11.2. The van der Waals surface area contributed by atoms with Gasteiger partial charge in [0, 0.05) is 32.0 Å². The van der Waals surface area contributed by atoms with E-state index in [0.717, 1.165) is 24.9 Å². The number of rotatable bonds is 6. The first-order chi connectivity index (χ1) is 10.2. The summed E-state index contributed by atoms with van der Waals surface area (Å²) >= 11 is 0. The van der Waals surface area contributed by atoms with Crippen LogP contribution in [-0.4, -0.2) is 38.8 Å². The molecule has 1 aromatic carbocycles. The second kappa shape index (κ2) is 7.88. The third kappa shape index (κ3) is 4.93. The molecule has 2 N–H and O–H groups in total. The molecule has 2 unspecified atom stereocenters. The van der Waals surface area contributed by atoms with Gasteiger partial charge < -0.3 is 20.1 Å². The molecule has 5 heteroatoms. The topological polar surface area (TPSA) is 59.6 Å². The maximum absolute atomic E-state index is 11.2. The molecular weight excluding hydrogens is 268 g/mol. The van der Waals surface area contributed by atoms with Crippen molar-refractivity contribution in [3.05, 3.63) is 24.3 Å². The minimum absolute atomic E-state index is 0.0368. The highest BCUT2D eigenvalue weighted by atomic mass is 16.5. The van der Waals surface area contributed by atoms with Crippen LogP contribution in [0, 0.1) is 0 Å². The van der Waals surface area contributed by atoms with Gasteiger partial charge in [0.1, 0.15) is 5.75 Å². The fourth-order valence-electron chi connectivity index (χ4n) is 2.62. The number of amides is 1. The summed E-state index contributed by atoms with van der Waals surface area (Å²) in [5.41, 5.74) is 1.02. The normalized spacial score (nSPS) is 21.6. The second-order valence-electron chi connectivity index (χ2n) is 5.36. The van der Waals surface area contributed by atoms with Crippen LogP contribution >= 0.6 is 0 Å². The monoisotopic (exact) mass is 292 g/mol. The quantitative estimate of drug-likeness (QED) is 0.844. The number of likely N-dealkylation sites (N-methyl/N-ethyl adjacent to an activating group) is 1. The van der Waals surface area contributed by atoms with Gasteiger partial charge in [0.2, 0.25) is 0 Å². The number of hydrogen-bond acceptors (Lipinski definition) is 4. The summed E-state index contributed by atoms with van der Waals surface area (Å²) in [7, 11) is 3.37. The van der Waals surface area contributed by atoms with Crippen LogP contribution in [0.5, 0.6) is 5.75 Å². The fourth-order valence-corrected chi connectivity index (χ4v) is 2.62. The van der Waals surface area contributed by atoms with Crippen molar-refractivity contribution in [2.45, 2.75) is 37.8 Å². The summed E-state index contributed by atoms with van der Waals surface area (Å²) in [6.45, 7) is 0.0368. The molecule has 116 valence electrons. The summed E-state index contributed by atoms with van der Waals surface area (Å²) in [6.07, 6.45) is 4.86. The first kappa shape index (κ1) is 15.6. The Balaban J connectivity index is 1.89. The van der Waals surface area contributed by atoms with E-state index in [1.165, 1.54) is 6.42 Å². The number of ether oxygens (including phenoxy) is 2. The number of hydrogen-bond donors (Lipinski definition) is 2. The Hall–Kier alpha value is -1.75. The summed E-state index contributed by atoms with van der Waals surface area (Å²) in [5.74, 6) is 0.561. The molecule has 0 heterocycles. The van der Waals surface area contributed by atoms with Gasteiger partial charge in [0.05, 0.1) is 6.10 Å². The molecule has 1 saturated carbocycles. The summed E-state index contributed by atoms with van der Waals surface area (Å²) in [4.78, 5) is 11.2. The van der Waals surface area contributed by atoms with Gasteiger partial charge in [-0.15, -0.1) is 0 Å². The fraction of sp³-hybridized carbons (Fsp3) is 0.562. The molecule has 0 radical (unpaired) electrons. The molecule has 0 aliphatic heterocycles. The Morgan fingerprint density at radius 3 is 3.00 bits per heavy atom. The van der Waals surface area contributed by atoms with Gasteiger partial charge in [-0.1, -0.05) is 6.07 Å². The number of methoxy groups -OCH3 is 1. The molecule has 1 aliphatic carbocycles. The Morgan fingerprint density at radius 2 is 2.24 bits per heavy atom. The lowest BCUT2D eigenvalue weighted by atomic mass is 9.92. The zero-order chi connectivity index (χ0) is 15.1. The van der Waals surface area contributed by atoms with E-state index in [-0.39, 0.29) is 12.5 Å². The lowest BCUT2D eigenvalue weighted by Gasteiger charge is -2.29. The molecular formula is C16H24N2O3. The summed E-state index contributed by atoms with van der Waals surface area (Å²) in [5, 5.41) is 6.06. The smallest absolute Gasteiger partial charge is 0.257 e. The van der Waals surface area contributed by atoms with Gasteiger partial charge in [-0.05, 0) is 37.8 Å². The second-order valence-corrected chi connectivity index (χ2v) is 5.36. The van der Waals surface area contributed by atoms with Gasteiger partial charge in [0.25, 0.3) is 5.91 Å². The molecule has 0 aromatic heterocycles. The average molecular weight is 292 g/mol. The number of carbonyl (C=O) groups is 1. The Bertz CT molecular complexity index is 465. The first-order valence-electron chi connectivity index (χ1n) is 7.44. The number of anilines is 1. The van der Waals surface area contributed by atoms with Gasteiger partial charge in [0.15, 0.2) is 6.61 Å². The first-order valence-corrected chi connectivity index (χ1v) is 7.44. The molecule has 21 heavy (non-hydrogen) atoms. The minimum atomic E-state index is -0.136. The van der Waals surface area contributed by atoms with E-state index in [0.29, 0.717) is 17.9 Å². The lowest BCUT2D eigenvalue weighted by molar-refractivity contribution is -0.122. The van der Waals surface area contributed by atoms with Crippen LogP contribution in [0.4, 0.5) is 5.69 Å². The van der Waals surface area contributed by atoms with Crippen molar-refractivity contribution in [1.29, 1.82) is 0 Å². The van der Waals surface area contributed by atoms with Crippen LogP contribution < -0.4 is 15.4 Å². The summed E-state index contributed by atoms with van der Waals surface area (Å²) in [6, 6.07) is 8.16. The highest BCUT2D eigenvalue weighted by Crippen LogP contribution is 2.25. The van der Waals surface area contributed by atoms with Crippen molar-refractivity contribution < 1.29 is 14.3 Å². The highest BCUT2D eigenvalue weighted by molar-refractivity contribution is 5.77. The molecule has 1 fully saturated rings.